The van der Waals surface area contributed by atoms with Crippen LogP contribution in [-0.4, -0.2) is 47.6 Å². The van der Waals surface area contributed by atoms with Crippen molar-refractivity contribution in [1.82, 2.24) is 4.90 Å². The number of hydrogen-bond acceptors (Lipinski definition) is 5. The fourth-order valence-corrected chi connectivity index (χ4v) is 2.14. The Morgan fingerprint density at radius 3 is 2.71 bits per heavy atom. The second kappa shape index (κ2) is 6.53. The van der Waals surface area contributed by atoms with Crippen LogP contribution in [0.5, 0.6) is 5.75 Å². The van der Waals surface area contributed by atoms with Crippen LogP contribution in [0.3, 0.4) is 0 Å². The van der Waals surface area contributed by atoms with Gasteiger partial charge in [-0.2, -0.15) is 0 Å². The van der Waals surface area contributed by atoms with Crippen molar-refractivity contribution < 1.29 is 19.2 Å². The molecule has 2 unspecified atom stereocenters. The predicted molar refractivity (Wildman–Crippen MR) is 75.2 cm³/mol. The summed E-state index contributed by atoms with van der Waals surface area (Å²) >= 11 is 0. The van der Waals surface area contributed by atoms with Crippen molar-refractivity contribution in [2.24, 2.45) is 0 Å². The number of non-ortho nitro benzene ring substituents is 1. The van der Waals surface area contributed by atoms with Gasteiger partial charge < -0.3 is 14.4 Å². The molecule has 1 fully saturated rings. The van der Waals surface area contributed by atoms with Gasteiger partial charge in [-0.3, -0.25) is 14.9 Å². The molecule has 1 aromatic carbocycles. The zero-order valence-corrected chi connectivity index (χ0v) is 12.0. The number of benzene rings is 1. The van der Waals surface area contributed by atoms with Crippen LogP contribution < -0.4 is 4.74 Å². The molecule has 7 heteroatoms. The van der Waals surface area contributed by atoms with E-state index in [-0.39, 0.29) is 30.3 Å². The Balaban J connectivity index is 1.89. The lowest BCUT2D eigenvalue weighted by Crippen LogP contribution is -2.51. The van der Waals surface area contributed by atoms with Crippen molar-refractivity contribution in [1.29, 1.82) is 0 Å². The summed E-state index contributed by atoms with van der Waals surface area (Å²) in [6, 6.07) is 5.68. The largest absolute Gasteiger partial charge is 0.484 e. The topological polar surface area (TPSA) is 81.9 Å². The molecule has 7 nitrogen and oxygen atoms in total. The highest BCUT2D eigenvalue weighted by Gasteiger charge is 2.27. The van der Waals surface area contributed by atoms with E-state index in [1.165, 1.54) is 24.3 Å². The van der Waals surface area contributed by atoms with Crippen LogP contribution in [0.1, 0.15) is 13.8 Å². The number of nitro groups is 1. The van der Waals surface area contributed by atoms with E-state index in [1.807, 2.05) is 13.8 Å². The van der Waals surface area contributed by atoms with E-state index in [0.717, 1.165) is 0 Å². The van der Waals surface area contributed by atoms with Crippen LogP contribution in [0.4, 0.5) is 5.69 Å². The maximum atomic E-state index is 12.1. The summed E-state index contributed by atoms with van der Waals surface area (Å²) in [7, 11) is 0. The molecule has 0 aliphatic carbocycles. The Morgan fingerprint density at radius 1 is 1.43 bits per heavy atom. The summed E-state index contributed by atoms with van der Waals surface area (Å²) in [5.41, 5.74) is -0.00990. The minimum Gasteiger partial charge on any atom is -0.484 e. The average Bonchev–Trinajstić information content (AvgIpc) is 2.47. The van der Waals surface area contributed by atoms with Crippen LogP contribution in [0.15, 0.2) is 24.3 Å². The van der Waals surface area contributed by atoms with Crippen molar-refractivity contribution in [3.05, 3.63) is 34.4 Å². The molecular weight excluding hydrogens is 276 g/mol. The number of hydrogen-bond donors (Lipinski definition) is 0. The maximum Gasteiger partial charge on any atom is 0.269 e. The van der Waals surface area contributed by atoms with Gasteiger partial charge in [-0.05, 0) is 26.0 Å². The number of ether oxygens (including phenoxy) is 2. The molecule has 1 amide bonds. The lowest BCUT2D eigenvalue weighted by Gasteiger charge is -2.36. The number of carbonyl (C=O) groups is 1. The lowest BCUT2D eigenvalue weighted by atomic mass is 10.2. The number of rotatable bonds is 4. The average molecular weight is 294 g/mol. The van der Waals surface area contributed by atoms with Crippen LogP contribution in [-0.2, 0) is 9.53 Å². The molecule has 21 heavy (non-hydrogen) atoms. The van der Waals surface area contributed by atoms with Crippen molar-refractivity contribution in [2.45, 2.75) is 26.0 Å². The van der Waals surface area contributed by atoms with Gasteiger partial charge in [0, 0.05) is 18.7 Å². The number of nitrogens with zero attached hydrogens (tertiary/aromatic N) is 2. The smallest absolute Gasteiger partial charge is 0.269 e. The summed E-state index contributed by atoms with van der Waals surface area (Å²) in [6.45, 7) is 4.82. The molecule has 0 radical (unpaired) electrons. The fourth-order valence-electron chi connectivity index (χ4n) is 2.14. The highest BCUT2D eigenvalue weighted by Crippen LogP contribution is 2.18. The summed E-state index contributed by atoms with van der Waals surface area (Å²) in [5, 5.41) is 10.5. The van der Waals surface area contributed by atoms with E-state index < -0.39 is 4.92 Å². The SMILES string of the molecule is CC1CN(C(=O)COc2ccc([N+](=O)[O-])cc2)C(C)CO1. The van der Waals surface area contributed by atoms with Gasteiger partial charge in [0.05, 0.1) is 23.7 Å². The van der Waals surface area contributed by atoms with Crippen LogP contribution in [0.2, 0.25) is 0 Å². The third-order valence-corrected chi connectivity index (χ3v) is 3.34. The van der Waals surface area contributed by atoms with Crippen LogP contribution in [0, 0.1) is 10.1 Å². The molecule has 114 valence electrons. The maximum absolute atomic E-state index is 12.1. The van der Waals surface area contributed by atoms with E-state index in [1.54, 1.807) is 4.90 Å². The summed E-state index contributed by atoms with van der Waals surface area (Å²) in [6.07, 6.45) is 0.0181. The molecule has 0 spiro atoms. The molecule has 1 aliphatic rings. The Bertz CT molecular complexity index is 517. The van der Waals surface area contributed by atoms with Gasteiger partial charge in [-0.15, -0.1) is 0 Å². The Labute approximate surface area is 122 Å². The fraction of sp³-hybridized carbons (Fsp3) is 0.500. The third-order valence-electron chi connectivity index (χ3n) is 3.34. The zero-order valence-electron chi connectivity index (χ0n) is 12.0. The van der Waals surface area contributed by atoms with Crippen molar-refractivity contribution in [3.63, 3.8) is 0 Å². The second-order valence-electron chi connectivity index (χ2n) is 5.08. The number of morpholine rings is 1. The Morgan fingerprint density at radius 2 is 2.10 bits per heavy atom. The molecule has 0 aromatic heterocycles. The Kier molecular flexibility index (Phi) is 4.74. The summed E-state index contributed by atoms with van der Waals surface area (Å²) in [5.74, 6) is 0.318. The molecular formula is C14H18N2O5. The minimum absolute atomic E-state index is 0.00990. The normalized spacial score (nSPS) is 21.9. The molecule has 0 N–H and O–H groups in total. The van der Waals surface area contributed by atoms with E-state index >= 15 is 0 Å². The molecule has 1 saturated heterocycles. The summed E-state index contributed by atoms with van der Waals surface area (Å²) < 4.78 is 10.9. The molecule has 0 bridgehead atoms. The van der Waals surface area contributed by atoms with Crippen molar-refractivity contribution >= 4 is 11.6 Å². The van der Waals surface area contributed by atoms with Crippen molar-refractivity contribution in [2.75, 3.05) is 19.8 Å². The van der Waals surface area contributed by atoms with E-state index in [0.29, 0.717) is 18.9 Å². The molecule has 0 saturated carbocycles. The zero-order chi connectivity index (χ0) is 15.4. The first-order chi connectivity index (χ1) is 9.97. The Hall–Kier alpha value is -2.15. The van der Waals surface area contributed by atoms with Gasteiger partial charge in [0.2, 0.25) is 0 Å². The quantitative estimate of drug-likeness (QED) is 0.622. The molecule has 1 aromatic rings. The van der Waals surface area contributed by atoms with E-state index in [2.05, 4.69) is 0 Å². The summed E-state index contributed by atoms with van der Waals surface area (Å²) in [4.78, 5) is 23.9. The van der Waals surface area contributed by atoms with Crippen LogP contribution in [0.25, 0.3) is 0 Å². The van der Waals surface area contributed by atoms with Gasteiger partial charge in [0.1, 0.15) is 5.75 Å². The number of amides is 1. The highest BCUT2D eigenvalue weighted by molar-refractivity contribution is 5.78. The first-order valence-corrected chi connectivity index (χ1v) is 6.75. The van der Waals surface area contributed by atoms with Gasteiger partial charge in [-0.25, -0.2) is 0 Å². The standard InChI is InChI=1S/C14H18N2O5/c1-10-8-20-11(2)7-15(10)14(17)9-21-13-5-3-12(4-6-13)16(18)19/h3-6,10-11H,7-9H2,1-2H3. The highest BCUT2D eigenvalue weighted by atomic mass is 16.6. The van der Waals surface area contributed by atoms with E-state index in [9.17, 15) is 14.9 Å². The molecule has 1 aliphatic heterocycles. The lowest BCUT2D eigenvalue weighted by molar-refractivity contribution is -0.384. The van der Waals surface area contributed by atoms with Gasteiger partial charge >= 0.3 is 0 Å². The molecule has 2 atom stereocenters. The molecule has 2 rings (SSSR count). The molecule has 1 heterocycles. The van der Waals surface area contributed by atoms with Crippen LogP contribution >= 0.6 is 0 Å². The van der Waals surface area contributed by atoms with E-state index in [4.69, 9.17) is 9.47 Å². The predicted octanol–water partition coefficient (Wildman–Crippen LogP) is 1.61. The third kappa shape index (κ3) is 3.91. The monoisotopic (exact) mass is 294 g/mol. The minimum atomic E-state index is -0.480. The first-order valence-electron chi connectivity index (χ1n) is 6.75. The second-order valence-corrected chi connectivity index (χ2v) is 5.08. The number of nitro benzene ring substituents is 1. The van der Waals surface area contributed by atoms with Gasteiger partial charge in [0.25, 0.3) is 11.6 Å². The van der Waals surface area contributed by atoms with Crippen molar-refractivity contribution in [3.8, 4) is 5.75 Å². The first kappa shape index (κ1) is 15.2. The van der Waals surface area contributed by atoms with Gasteiger partial charge in [0.15, 0.2) is 6.61 Å². The number of carbonyl (C=O) groups excluding carboxylic acids is 1. The van der Waals surface area contributed by atoms with Gasteiger partial charge in [-0.1, -0.05) is 0 Å².